The SMILES string of the molecule is C[C@H](CC=CC=CC(C)(C)O[Si](C)(C)C)[C@H]1CCC[C@H]2C(=O)CCC[C@]12C. The van der Waals surface area contributed by atoms with Crippen LogP contribution in [-0.4, -0.2) is 19.7 Å². The number of allylic oxidation sites excluding steroid dienone is 3. The average molecular weight is 391 g/mol. The van der Waals surface area contributed by atoms with Gasteiger partial charge in [0.15, 0.2) is 8.32 Å². The molecule has 0 aromatic carbocycles. The van der Waals surface area contributed by atoms with Gasteiger partial charge in [-0.1, -0.05) is 44.6 Å². The number of hydrogen-bond acceptors (Lipinski definition) is 2. The molecular weight excluding hydrogens is 348 g/mol. The molecule has 0 bridgehead atoms. The summed E-state index contributed by atoms with van der Waals surface area (Å²) in [5.74, 6) is 2.19. The molecular formula is C24H42O2Si. The van der Waals surface area contributed by atoms with Crippen molar-refractivity contribution in [3.8, 4) is 0 Å². The van der Waals surface area contributed by atoms with Gasteiger partial charge in [0.1, 0.15) is 5.78 Å². The van der Waals surface area contributed by atoms with Crippen molar-refractivity contribution in [1.29, 1.82) is 0 Å². The number of hydrogen-bond donors (Lipinski definition) is 0. The summed E-state index contributed by atoms with van der Waals surface area (Å²) in [7, 11) is -1.54. The third kappa shape index (κ3) is 6.15. The summed E-state index contributed by atoms with van der Waals surface area (Å²) in [6.45, 7) is 15.8. The summed E-state index contributed by atoms with van der Waals surface area (Å²) in [5, 5.41) is 0. The van der Waals surface area contributed by atoms with E-state index >= 15 is 0 Å². The molecule has 2 fully saturated rings. The molecule has 2 nitrogen and oxygen atoms in total. The van der Waals surface area contributed by atoms with Gasteiger partial charge in [-0.25, -0.2) is 0 Å². The van der Waals surface area contributed by atoms with Gasteiger partial charge in [-0.2, -0.15) is 0 Å². The second-order valence-electron chi connectivity index (χ2n) is 10.7. The van der Waals surface area contributed by atoms with Crippen LogP contribution in [0, 0.1) is 23.2 Å². The van der Waals surface area contributed by atoms with E-state index in [0.717, 1.165) is 25.7 Å². The topological polar surface area (TPSA) is 26.3 Å². The van der Waals surface area contributed by atoms with Crippen molar-refractivity contribution in [3.63, 3.8) is 0 Å². The molecule has 154 valence electrons. The first-order chi connectivity index (χ1) is 12.4. The molecule has 0 aromatic rings. The number of carbonyl (C=O) groups is 1. The molecule has 0 heterocycles. The zero-order chi connectivity index (χ0) is 20.3. The Kier molecular flexibility index (Phi) is 7.35. The highest BCUT2D eigenvalue weighted by Gasteiger charge is 2.49. The van der Waals surface area contributed by atoms with Crippen LogP contribution >= 0.6 is 0 Å². The van der Waals surface area contributed by atoms with Gasteiger partial charge in [-0.05, 0) is 82.8 Å². The van der Waals surface area contributed by atoms with E-state index in [0.29, 0.717) is 23.5 Å². The van der Waals surface area contributed by atoms with Crippen LogP contribution in [0.2, 0.25) is 19.6 Å². The average Bonchev–Trinajstić information content (AvgIpc) is 2.51. The van der Waals surface area contributed by atoms with Gasteiger partial charge < -0.3 is 4.43 Å². The number of ketones is 1. The first kappa shape index (κ1) is 22.6. The van der Waals surface area contributed by atoms with Crippen LogP contribution in [0.5, 0.6) is 0 Å². The molecule has 0 spiro atoms. The number of Topliss-reactive ketones (excluding diaryl/α,β-unsaturated/α-hetero) is 1. The molecule has 27 heavy (non-hydrogen) atoms. The molecule has 2 aliphatic rings. The summed E-state index contributed by atoms with van der Waals surface area (Å²) in [6, 6.07) is 0. The maximum atomic E-state index is 12.5. The molecule has 0 aliphatic heterocycles. The predicted octanol–water partition coefficient (Wildman–Crippen LogP) is 6.93. The highest BCUT2D eigenvalue weighted by Crippen LogP contribution is 2.54. The largest absolute Gasteiger partial charge is 0.409 e. The lowest BCUT2D eigenvalue weighted by molar-refractivity contribution is -0.137. The Morgan fingerprint density at radius 3 is 2.59 bits per heavy atom. The fourth-order valence-electron chi connectivity index (χ4n) is 5.75. The summed E-state index contributed by atoms with van der Waals surface area (Å²) in [6.07, 6.45) is 16.7. The Balaban J connectivity index is 1.93. The first-order valence-corrected chi connectivity index (χ1v) is 14.4. The molecule has 2 rings (SSSR count). The van der Waals surface area contributed by atoms with E-state index in [9.17, 15) is 4.79 Å². The predicted molar refractivity (Wildman–Crippen MR) is 118 cm³/mol. The second kappa shape index (κ2) is 8.78. The highest BCUT2D eigenvalue weighted by atomic mass is 28.4. The molecule has 4 atom stereocenters. The standard InChI is InChI=1S/C24H42O2Si/c1-19(13-9-8-10-17-23(2,3)26-27(5,6)7)20-14-11-15-21-22(25)16-12-18-24(20,21)4/h8-10,17,19-21H,11-16,18H2,1-7H3/t19-,20-,21+,24-/m1/s1. The van der Waals surface area contributed by atoms with E-state index in [1.54, 1.807) is 0 Å². The van der Waals surface area contributed by atoms with Crippen molar-refractivity contribution in [2.75, 3.05) is 0 Å². The van der Waals surface area contributed by atoms with Gasteiger partial charge in [0.2, 0.25) is 0 Å². The van der Waals surface area contributed by atoms with Crippen molar-refractivity contribution >= 4 is 14.1 Å². The van der Waals surface area contributed by atoms with Crippen molar-refractivity contribution in [2.24, 2.45) is 23.2 Å². The lowest BCUT2D eigenvalue weighted by Crippen LogP contribution is -2.47. The van der Waals surface area contributed by atoms with Crippen LogP contribution in [-0.2, 0) is 9.22 Å². The summed E-state index contributed by atoms with van der Waals surface area (Å²) >= 11 is 0. The minimum atomic E-state index is -1.54. The molecule has 0 radical (unpaired) electrons. The summed E-state index contributed by atoms with van der Waals surface area (Å²) in [4.78, 5) is 12.5. The van der Waals surface area contributed by atoms with E-state index in [-0.39, 0.29) is 11.0 Å². The van der Waals surface area contributed by atoms with Crippen LogP contribution in [0.3, 0.4) is 0 Å². The van der Waals surface area contributed by atoms with Gasteiger partial charge in [0, 0.05) is 12.3 Å². The van der Waals surface area contributed by atoms with Gasteiger partial charge in [-0.15, -0.1) is 0 Å². The number of fused-ring (bicyclic) bond motifs is 1. The Hall–Kier alpha value is -0.673. The second-order valence-corrected chi connectivity index (χ2v) is 15.2. The van der Waals surface area contributed by atoms with E-state index in [2.05, 4.69) is 71.6 Å². The Morgan fingerprint density at radius 2 is 1.93 bits per heavy atom. The van der Waals surface area contributed by atoms with Gasteiger partial charge in [-0.3, -0.25) is 4.79 Å². The maximum absolute atomic E-state index is 12.5. The van der Waals surface area contributed by atoms with E-state index in [1.165, 1.54) is 19.3 Å². The molecule has 0 amide bonds. The zero-order valence-electron chi connectivity index (χ0n) is 18.8. The summed E-state index contributed by atoms with van der Waals surface area (Å²) < 4.78 is 6.22. The normalized spacial score (nSPS) is 31.4. The molecule has 3 heteroatoms. The molecule has 0 saturated heterocycles. The fourth-order valence-corrected chi connectivity index (χ4v) is 7.39. The Bertz CT molecular complexity index is 569. The van der Waals surface area contributed by atoms with Gasteiger partial charge in [0.25, 0.3) is 0 Å². The smallest absolute Gasteiger partial charge is 0.184 e. The minimum absolute atomic E-state index is 0.201. The first-order valence-electron chi connectivity index (χ1n) is 11.0. The lowest BCUT2D eigenvalue weighted by Gasteiger charge is -2.51. The summed E-state index contributed by atoms with van der Waals surface area (Å²) in [5.41, 5.74) is 0.0385. The quantitative estimate of drug-likeness (QED) is 0.348. The fraction of sp³-hybridized carbons (Fsp3) is 0.792. The Morgan fingerprint density at radius 1 is 1.22 bits per heavy atom. The van der Waals surface area contributed by atoms with Gasteiger partial charge in [0.05, 0.1) is 5.60 Å². The van der Waals surface area contributed by atoms with Crippen molar-refractivity contribution < 1.29 is 9.22 Å². The lowest BCUT2D eigenvalue weighted by atomic mass is 9.52. The van der Waals surface area contributed by atoms with Crippen LogP contribution in [0.25, 0.3) is 0 Å². The van der Waals surface area contributed by atoms with E-state index < -0.39 is 8.32 Å². The molecule has 2 saturated carbocycles. The van der Waals surface area contributed by atoms with E-state index in [1.807, 2.05) is 0 Å². The van der Waals surface area contributed by atoms with Crippen LogP contribution < -0.4 is 0 Å². The molecule has 2 aliphatic carbocycles. The molecule has 0 unspecified atom stereocenters. The third-order valence-electron chi connectivity index (χ3n) is 6.69. The minimum Gasteiger partial charge on any atom is -0.409 e. The van der Waals surface area contributed by atoms with Crippen molar-refractivity contribution in [2.45, 2.75) is 97.9 Å². The molecule has 0 aromatic heterocycles. The number of rotatable bonds is 7. The van der Waals surface area contributed by atoms with Crippen LogP contribution in [0.1, 0.15) is 72.6 Å². The Labute approximate surface area is 169 Å². The van der Waals surface area contributed by atoms with Crippen LogP contribution in [0.4, 0.5) is 0 Å². The third-order valence-corrected chi connectivity index (χ3v) is 7.83. The zero-order valence-corrected chi connectivity index (χ0v) is 19.8. The van der Waals surface area contributed by atoms with Gasteiger partial charge >= 0.3 is 0 Å². The van der Waals surface area contributed by atoms with Crippen molar-refractivity contribution in [3.05, 3.63) is 24.3 Å². The van der Waals surface area contributed by atoms with Crippen LogP contribution in [0.15, 0.2) is 24.3 Å². The monoisotopic (exact) mass is 390 g/mol. The highest BCUT2D eigenvalue weighted by molar-refractivity contribution is 6.69. The van der Waals surface area contributed by atoms with E-state index in [4.69, 9.17) is 4.43 Å². The maximum Gasteiger partial charge on any atom is 0.184 e. The number of carbonyl (C=O) groups excluding carboxylic acids is 1. The van der Waals surface area contributed by atoms with Crippen molar-refractivity contribution in [1.82, 2.24) is 0 Å². The molecule has 0 N–H and O–H groups in total.